The monoisotopic (exact) mass is 337 g/mol. The number of nitrogens with one attached hydrogen (secondary N) is 1. The maximum Gasteiger partial charge on any atom is 0.255 e. The van der Waals surface area contributed by atoms with Gasteiger partial charge in [0.2, 0.25) is 0 Å². The fraction of sp³-hybridized carbons (Fsp3) is 0.250. The molecule has 1 heterocycles. The molecule has 0 aliphatic heterocycles. The summed E-state index contributed by atoms with van der Waals surface area (Å²) >= 11 is 0. The molecule has 7 heteroatoms. The third kappa shape index (κ3) is 4.84. The minimum Gasteiger partial charge on any atom is -0.493 e. The van der Waals surface area contributed by atoms with E-state index >= 15 is 0 Å². The first-order chi connectivity index (χ1) is 10.7. The van der Waals surface area contributed by atoms with Gasteiger partial charge in [0.05, 0.1) is 19.4 Å². The van der Waals surface area contributed by atoms with Gasteiger partial charge in [-0.1, -0.05) is 0 Å². The molecule has 23 heavy (non-hydrogen) atoms. The van der Waals surface area contributed by atoms with Gasteiger partial charge in [0, 0.05) is 30.1 Å². The summed E-state index contributed by atoms with van der Waals surface area (Å²) < 4.78 is 10.7. The smallest absolute Gasteiger partial charge is 0.255 e. The van der Waals surface area contributed by atoms with Gasteiger partial charge in [-0.15, -0.1) is 12.4 Å². The molecule has 3 N–H and O–H groups in total. The van der Waals surface area contributed by atoms with Crippen LogP contribution in [0.1, 0.15) is 23.0 Å². The molecule has 124 valence electrons. The molecule has 1 aromatic carbocycles. The molecular weight excluding hydrogens is 318 g/mol. The Hall–Kier alpha value is -2.31. The average molecular weight is 338 g/mol. The second-order valence-electron chi connectivity index (χ2n) is 4.49. The quantitative estimate of drug-likeness (QED) is 0.846. The number of methoxy groups -OCH3 is 1. The van der Waals surface area contributed by atoms with Crippen LogP contribution < -0.4 is 20.5 Å². The van der Waals surface area contributed by atoms with E-state index in [0.717, 1.165) is 0 Å². The zero-order chi connectivity index (χ0) is 15.9. The number of rotatable bonds is 6. The van der Waals surface area contributed by atoms with E-state index < -0.39 is 0 Å². The van der Waals surface area contributed by atoms with Crippen LogP contribution >= 0.6 is 12.4 Å². The van der Waals surface area contributed by atoms with Crippen molar-refractivity contribution in [2.75, 3.05) is 19.0 Å². The van der Waals surface area contributed by atoms with Gasteiger partial charge in [-0.3, -0.25) is 9.78 Å². The van der Waals surface area contributed by atoms with E-state index in [0.29, 0.717) is 35.1 Å². The first-order valence-corrected chi connectivity index (χ1v) is 6.95. The summed E-state index contributed by atoms with van der Waals surface area (Å²) in [6.45, 7) is 2.69. The van der Waals surface area contributed by atoms with Crippen LogP contribution in [-0.4, -0.2) is 24.6 Å². The highest BCUT2D eigenvalue weighted by Crippen LogP contribution is 2.30. The van der Waals surface area contributed by atoms with E-state index in [1.807, 2.05) is 6.92 Å². The van der Waals surface area contributed by atoms with Crippen LogP contribution in [0.2, 0.25) is 0 Å². The van der Waals surface area contributed by atoms with Crippen LogP contribution in [-0.2, 0) is 6.54 Å². The van der Waals surface area contributed by atoms with Crippen molar-refractivity contribution in [2.24, 2.45) is 5.73 Å². The molecule has 6 nitrogen and oxygen atoms in total. The number of ether oxygens (including phenoxy) is 2. The van der Waals surface area contributed by atoms with Crippen LogP contribution in [0, 0.1) is 0 Å². The molecule has 0 fully saturated rings. The van der Waals surface area contributed by atoms with Crippen molar-refractivity contribution in [3.63, 3.8) is 0 Å². The third-order valence-corrected chi connectivity index (χ3v) is 3.01. The highest BCUT2D eigenvalue weighted by Gasteiger charge is 2.10. The van der Waals surface area contributed by atoms with Crippen molar-refractivity contribution in [3.05, 3.63) is 47.8 Å². The number of carbonyl (C=O) groups excluding carboxylic acids is 1. The molecule has 1 aromatic heterocycles. The fourth-order valence-corrected chi connectivity index (χ4v) is 1.96. The number of halogens is 1. The van der Waals surface area contributed by atoms with Gasteiger partial charge in [-0.25, -0.2) is 0 Å². The molecule has 0 aliphatic carbocycles. The van der Waals surface area contributed by atoms with Gasteiger partial charge in [0.15, 0.2) is 11.5 Å². The third-order valence-electron chi connectivity index (χ3n) is 3.01. The zero-order valence-corrected chi connectivity index (χ0v) is 13.9. The van der Waals surface area contributed by atoms with Gasteiger partial charge in [0.25, 0.3) is 5.91 Å². The average Bonchev–Trinajstić information content (AvgIpc) is 2.55. The second kappa shape index (κ2) is 8.97. The highest BCUT2D eigenvalue weighted by molar-refractivity contribution is 6.04. The summed E-state index contributed by atoms with van der Waals surface area (Å²) in [6, 6.07) is 8.54. The first-order valence-electron chi connectivity index (χ1n) is 6.95. The topological polar surface area (TPSA) is 86.5 Å². The standard InChI is InChI=1S/C16H19N3O3.ClH/c1-3-22-15-9-12(4-5-14(15)21-2)19-16(20)11-6-7-18-13(8-11)10-17;/h4-9H,3,10,17H2,1-2H3,(H,19,20);1H. The number of carbonyl (C=O) groups is 1. The number of nitrogens with zero attached hydrogens (tertiary/aromatic N) is 1. The predicted molar refractivity (Wildman–Crippen MR) is 91.5 cm³/mol. The zero-order valence-electron chi connectivity index (χ0n) is 13.0. The van der Waals surface area contributed by atoms with Crippen molar-refractivity contribution in [1.29, 1.82) is 0 Å². The lowest BCUT2D eigenvalue weighted by Crippen LogP contribution is -2.13. The Morgan fingerprint density at radius 1 is 1.26 bits per heavy atom. The Kier molecular flexibility index (Phi) is 7.31. The molecule has 2 rings (SSSR count). The summed E-state index contributed by atoms with van der Waals surface area (Å²) in [5.74, 6) is 0.971. The number of nitrogens with two attached hydrogens (primary N) is 1. The fourth-order valence-electron chi connectivity index (χ4n) is 1.96. The Balaban J connectivity index is 0.00000264. The molecule has 0 saturated carbocycles. The lowest BCUT2D eigenvalue weighted by molar-refractivity contribution is 0.102. The maximum atomic E-state index is 12.3. The van der Waals surface area contributed by atoms with Crippen molar-refractivity contribution in [2.45, 2.75) is 13.5 Å². The molecule has 0 aliphatic rings. The first kappa shape index (κ1) is 18.7. The SMILES string of the molecule is CCOc1cc(NC(=O)c2ccnc(CN)c2)ccc1OC.Cl. The van der Waals surface area contributed by atoms with E-state index in [-0.39, 0.29) is 24.9 Å². The van der Waals surface area contributed by atoms with Gasteiger partial charge in [0.1, 0.15) is 0 Å². The van der Waals surface area contributed by atoms with Gasteiger partial charge >= 0.3 is 0 Å². The molecule has 0 saturated heterocycles. The number of hydrogen-bond acceptors (Lipinski definition) is 5. The molecule has 2 aromatic rings. The highest BCUT2D eigenvalue weighted by atomic mass is 35.5. The lowest BCUT2D eigenvalue weighted by Gasteiger charge is -2.12. The van der Waals surface area contributed by atoms with E-state index in [1.165, 1.54) is 0 Å². The van der Waals surface area contributed by atoms with Gasteiger partial charge in [-0.05, 0) is 31.2 Å². The van der Waals surface area contributed by atoms with Crippen LogP contribution in [0.4, 0.5) is 5.69 Å². The van der Waals surface area contributed by atoms with E-state index in [1.54, 1.807) is 43.6 Å². The Morgan fingerprint density at radius 2 is 2.04 bits per heavy atom. The number of benzene rings is 1. The summed E-state index contributed by atoms with van der Waals surface area (Å²) in [5.41, 5.74) is 7.33. The summed E-state index contributed by atoms with van der Waals surface area (Å²) in [7, 11) is 1.57. The molecule has 0 spiro atoms. The van der Waals surface area contributed by atoms with Crippen molar-refractivity contribution >= 4 is 24.0 Å². The summed E-state index contributed by atoms with van der Waals surface area (Å²) in [4.78, 5) is 16.3. The van der Waals surface area contributed by atoms with Gasteiger partial charge in [-0.2, -0.15) is 0 Å². The number of amides is 1. The molecular formula is C16H20ClN3O3. The number of pyridine rings is 1. The molecule has 1 amide bonds. The van der Waals surface area contributed by atoms with Crippen molar-refractivity contribution < 1.29 is 14.3 Å². The van der Waals surface area contributed by atoms with E-state index in [9.17, 15) is 4.79 Å². The Bertz CT molecular complexity index is 665. The Labute approximate surface area is 141 Å². The molecule has 0 radical (unpaired) electrons. The van der Waals surface area contributed by atoms with E-state index in [4.69, 9.17) is 15.2 Å². The maximum absolute atomic E-state index is 12.3. The predicted octanol–water partition coefficient (Wildman–Crippen LogP) is 2.62. The van der Waals surface area contributed by atoms with Crippen molar-refractivity contribution in [1.82, 2.24) is 4.98 Å². The van der Waals surface area contributed by atoms with Crippen molar-refractivity contribution in [3.8, 4) is 11.5 Å². The molecule has 0 unspecified atom stereocenters. The minimum absolute atomic E-state index is 0. The summed E-state index contributed by atoms with van der Waals surface area (Å²) in [6.07, 6.45) is 1.57. The normalized spacial score (nSPS) is 9.70. The molecule has 0 bridgehead atoms. The van der Waals surface area contributed by atoms with Crippen LogP contribution in [0.15, 0.2) is 36.5 Å². The largest absolute Gasteiger partial charge is 0.493 e. The number of aromatic nitrogens is 1. The van der Waals surface area contributed by atoms with Crippen LogP contribution in [0.5, 0.6) is 11.5 Å². The number of hydrogen-bond donors (Lipinski definition) is 2. The minimum atomic E-state index is -0.232. The lowest BCUT2D eigenvalue weighted by atomic mass is 10.2. The Morgan fingerprint density at radius 3 is 2.70 bits per heavy atom. The van der Waals surface area contributed by atoms with Crippen LogP contribution in [0.3, 0.4) is 0 Å². The van der Waals surface area contributed by atoms with E-state index in [2.05, 4.69) is 10.3 Å². The van der Waals surface area contributed by atoms with Gasteiger partial charge < -0.3 is 20.5 Å². The summed E-state index contributed by atoms with van der Waals surface area (Å²) in [5, 5.41) is 2.82. The molecule has 0 atom stereocenters. The van der Waals surface area contributed by atoms with Crippen LogP contribution in [0.25, 0.3) is 0 Å². The number of anilines is 1. The second-order valence-corrected chi connectivity index (χ2v) is 4.49.